The van der Waals surface area contributed by atoms with E-state index in [1.165, 1.54) is 32.1 Å². The molecule has 0 heterocycles. The third kappa shape index (κ3) is 28.4. The molecule has 1 aromatic rings. The molecule has 1 rings (SSSR count). The number of carbonyl (C=O) groups excluding carboxylic acids is 1. The lowest BCUT2D eigenvalue weighted by Gasteiger charge is -2.09. The van der Waals surface area contributed by atoms with Crippen molar-refractivity contribution >= 4 is 11.7 Å². The number of benzene rings is 1. The molecule has 1 N–H and O–H groups in total. The van der Waals surface area contributed by atoms with Crippen LogP contribution in [0.15, 0.2) is 24.3 Å². The second-order valence-corrected chi connectivity index (χ2v) is 10.7. The molecule has 268 valence electrons. The number of carbonyl (C=O) groups is 1. The van der Waals surface area contributed by atoms with Gasteiger partial charge in [0.2, 0.25) is 0 Å². The second-order valence-electron chi connectivity index (χ2n) is 10.7. The Bertz CT molecular complexity index is 768. The highest BCUT2D eigenvalue weighted by atomic mass is 16.6. The number of esters is 1. The van der Waals surface area contributed by atoms with Gasteiger partial charge < -0.3 is 47.9 Å². The average molecular weight is 658 g/mol. The van der Waals surface area contributed by atoms with E-state index in [9.17, 15) is 4.79 Å². The molecule has 0 aromatic heterocycles. The van der Waals surface area contributed by atoms with Crippen LogP contribution in [0.4, 0.5) is 5.69 Å². The van der Waals surface area contributed by atoms with Crippen molar-refractivity contribution in [1.82, 2.24) is 0 Å². The van der Waals surface area contributed by atoms with Crippen LogP contribution in [0, 0.1) is 0 Å². The van der Waals surface area contributed by atoms with Gasteiger partial charge in [-0.1, -0.05) is 52.4 Å². The molecule has 0 unspecified atom stereocenters. The molecule has 46 heavy (non-hydrogen) atoms. The van der Waals surface area contributed by atoms with Gasteiger partial charge in [-0.05, 0) is 37.1 Å². The second kappa shape index (κ2) is 34.5. The van der Waals surface area contributed by atoms with E-state index in [2.05, 4.69) is 19.2 Å². The van der Waals surface area contributed by atoms with Crippen LogP contribution in [0.2, 0.25) is 0 Å². The number of anilines is 1. The fraction of sp³-hybridized carbons (Fsp3) is 0.800. The number of nitrogens with one attached hydrogen (secondary N) is 1. The van der Waals surface area contributed by atoms with Crippen LogP contribution in [0.1, 0.15) is 75.6 Å². The van der Waals surface area contributed by atoms with E-state index in [1.807, 2.05) is 12.1 Å². The van der Waals surface area contributed by atoms with Crippen molar-refractivity contribution in [2.24, 2.45) is 0 Å². The molecule has 0 fully saturated rings. The highest BCUT2D eigenvalue weighted by molar-refractivity contribution is 5.89. The summed E-state index contributed by atoms with van der Waals surface area (Å²) in [5.41, 5.74) is 1.52. The molecular weight excluding hydrogens is 594 g/mol. The molecule has 0 saturated heterocycles. The summed E-state index contributed by atoms with van der Waals surface area (Å²) < 4.78 is 49.2. The van der Waals surface area contributed by atoms with E-state index in [0.29, 0.717) is 105 Å². The lowest BCUT2D eigenvalue weighted by molar-refractivity contribution is -0.0244. The number of hydrogen-bond acceptors (Lipinski definition) is 11. The fourth-order valence-corrected chi connectivity index (χ4v) is 4.04. The summed E-state index contributed by atoms with van der Waals surface area (Å²) in [5, 5.41) is 3.32. The van der Waals surface area contributed by atoms with Gasteiger partial charge >= 0.3 is 5.97 Å². The summed E-state index contributed by atoms with van der Waals surface area (Å²) in [6, 6.07) is 7.31. The molecule has 0 atom stereocenters. The predicted octanol–water partition coefficient (Wildman–Crippen LogP) is 5.55. The lowest BCUT2D eigenvalue weighted by Crippen LogP contribution is -2.15. The predicted molar refractivity (Wildman–Crippen MR) is 180 cm³/mol. The Hall–Kier alpha value is -1.83. The van der Waals surface area contributed by atoms with E-state index < -0.39 is 0 Å². The van der Waals surface area contributed by atoms with Crippen LogP contribution in [0.25, 0.3) is 0 Å². The Morgan fingerprint density at radius 3 is 1.26 bits per heavy atom. The van der Waals surface area contributed by atoms with E-state index >= 15 is 0 Å². The molecule has 0 bridgehead atoms. The Balaban J connectivity index is 1.71. The maximum Gasteiger partial charge on any atom is 0.338 e. The Morgan fingerprint density at radius 1 is 0.457 bits per heavy atom. The monoisotopic (exact) mass is 657 g/mol. The average Bonchev–Trinajstić information content (AvgIpc) is 3.07. The van der Waals surface area contributed by atoms with Crippen molar-refractivity contribution in [3.63, 3.8) is 0 Å². The zero-order chi connectivity index (χ0) is 33.0. The normalized spacial score (nSPS) is 11.3. The van der Waals surface area contributed by atoms with Gasteiger partial charge in [0.25, 0.3) is 0 Å². The standard InChI is InChI=1S/C35H63NO10/c1-3-5-7-8-9-10-16-38-17-18-39-19-20-40-21-22-41-23-24-42-25-26-43-27-28-44-29-30-45-31-32-46-35(37)33-11-13-34(14-12-33)36-15-6-4-2/h11-14,36H,3-10,15-32H2,1-2H3. The van der Waals surface area contributed by atoms with Gasteiger partial charge in [-0.15, -0.1) is 0 Å². The zero-order valence-corrected chi connectivity index (χ0v) is 28.8. The van der Waals surface area contributed by atoms with Crippen LogP contribution < -0.4 is 5.32 Å². The number of unbranched alkanes of at least 4 members (excludes halogenated alkanes) is 6. The van der Waals surface area contributed by atoms with Crippen molar-refractivity contribution in [3.8, 4) is 0 Å². The van der Waals surface area contributed by atoms with Crippen molar-refractivity contribution in [2.75, 3.05) is 124 Å². The maximum atomic E-state index is 12.1. The van der Waals surface area contributed by atoms with Gasteiger partial charge in [-0.3, -0.25) is 0 Å². The molecule has 0 aliphatic rings. The third-order valence-electron chi connectivity index (χ3n) is 6.69. The minimum atomic E-state index is -0.355. The molecule has 0 spiro atoms. The van der Waals surface area contributed by atoms with Gasteiger partial charge in [-0.2, -0.15) is 0 Å². The summed E-state index contributed by atoms with van der Waals surface area (Å²) in [6.07, 6.45) is 9.92. The fourth-order valence-electron chi connectivity index (χ4n) is 4.04. The van der Waals surface area contributed by atoms with Crippen molar-refractivity contribution in [1.29, 1.82) is 0 Å². The Kier molecular flexibility index (Phi) is 31.6. The SMILES string of the molecule is CCCCCCCCOCCOCCOCCOCCOCCOCCOCCOCCOC(=O)c1ccc(NCCCC)cc1. The first-order valence-electron chi connectivity index (χ1n) is 17.4. The van der Waals surface area contributed by atoms with Gasteiger partial charge in [0.15, 0.2) is 0 Å². The summed E-state index contributed by atoms with van der Waals surface area (Å²) in [6.45, 7) is 13.9. The van der Waals surface area contributed by atoms with Crippen molar-refractivity contribution in [2.45, 2.75) is 65.2 Å². The summed E-state index contributed by atoms with van der Waals surface area (Å²) in [7, 11) is 0. The molecule has 1 aromatic carbocycles. The van der Waals surface area contributed by atoms with Crippen LogP contribution in [-0.4, -0.2) is 125 Å². The molecule has 0 saturated carbocycles. The van der Waals surface area contributed by atoms with Crippen LogP contribution in [0.5, 0.6) is 0 Å². The molecule has 0 aliphatic carbocycles. The van der Waals surface area contributed by atoms with Gasteiger partial charge in [0, 0.05) is 18.8 Å². The topological polar surface area (TPSA) is 112 Å². The summed E-state index contributed by atoms with van der Waals surface area (Å²) >= 11 is 0. The van der Waals surface area contributed by atoms with Crippen molar-refractivity contribution in [3.05, 3.63) is 29.8 Å². The molecular formula is C35H63NO10. The highest BCUT2D eigenvalue weighted by Crippen LogP contribution is 2.11. The number of rotatable bonds is 36. The Morgan fingerprint density at radius 2 is 0.826 bits per heavy atom. The lowest BCUT2D eigenvalue weighted by atomic mass is 10.1. The van der Waals surface area contributed by atoms with Crippen molar-refractivity contribution < 1.29 is 47.4 Å². The van der Waals surface area contributed by atoms with Gasteiger partial charge in [0.1, 0.15) is 6.61 Å². The minimum Gasteiger partial charge on any atom is -0.460 e. The van der Waals surface area contributed by atoms with Gasteiger partial charge in [0.05, 0.1) is 105 Å². The third-order valence-corrected chi connectivity index (χ3v) is 6.69. The first-order chi connectivity index (χ1) is 22.8. The van der Waals surface area contributed by atoms with Crippen LogP contribution in [0.3, 0.4) is 0 Å². The Labute approximate surface area is 278 Å². The maximum absolute atomic E-state index is 12.1. The molecule has 0 aliphatic heterocycles. The minimum absolute atomic E-state index is 0.197. The van der Waals surface area contributed by atoms with Gasteiger partial charge in [-0.25, -0.2) is 4.79 Å². The molecule has 11 nitrogen and oxygen atoms in total. The summed E-state index contributed by atoms with van der Waals surface area (Å²) in [4.78, 5) is 12.1. The quantitative estimate of drug-likeness (QED) is 0.0724. The smallest absolute Gasteiger partial charge is 0.338 e. The molecule has 0 radical (unpaired) electrons. The first-order valence-corrected chi connectivity index (χ1v) is 17.4. The van der Waals surface area contributed by atoms with E-state index in [-0.39, 0.29) is 12.6 Å². The summed E-state index contributed by atoms with van der Waals surface area (Å²) in [5.74, 6) is -0.355. The molecule has 0 amide bonds. The zero-order valence-electron chi connectivity index (χ0n) is 28.8. The largest absolute Gasteiger partial charge is 0.460 e. The van der Waals surface area contributed by atoms with E-state index in [4.69, 9.17) is 42.6 Å². The number of hydrogen-bond donors (Lipinski definition) is 1. The van der Waals surface area contributed by atoms with Crippen LogP contribution in [-0.2, 0) is 42.6 Å². The van der Waals surface area contributed by atoms with E-state index in [0.717, 1.165) is 38.1 Å². The van der Waals surface area contributed by atoms with Crippen LogP contribution >= 0.6 is 0 Å². The highest BCUT2D eigenvalue weighted by Gasteiger charge is 2.06. The van der Waals surface area contributed by atoms with E-state index in [1.54, 1.807) is 12.1 Å². The number of ether oxygens (including phenoxy) is 9. The first kappa shape index (κ1) is 42.2. The molecule has 11 heteroatoms.